The van der Waals surface area contributed by atoms with E-state index in [2.05, 4.69) is 10.6 Å². The second kappa shape index (κ2) is 6.21. The molecule has 1 aromatic heterocycles. The van der Waals surface area contributed by atoms with Crippen molar-refractivity contribution in [3.8, 4) is 0 Å². The Balaban J connectivity index is 2.09. The maximum Gasteiger partial charge on any atom is 0.220 e. The van der Waals surface area contributed by atoms with Gasteiger partial charge in [0.05, 0.1) is 12.8 Å². The second-order valence-electron chi connectivity index (χ2n) is 3.06. The molecule has 0 atom stereocenters. The van der Waals surface area contributed by atoms with Gasteiger partial charge in [-0.05, 0) is 32.1 Å². The zero-order valence-corrected chi connectivity index (χ0v) is 8.38. The van der Waals surface area contributed by atoms with E-state index in [1.54, 1.807) is 6.26 Å². The molecular formula is C10H16N2O2. The Morgan fingerprint density at radius 1 is 1.57 bits per heavy atom. The zero-order valence-electron chi connectivity index (χ0n) is 8.38. The zero-order chi connectivity index (χ0) is 10.2. The van der Waals surface area contributed by atoms with Crippen molar-refractivity contribution in [1.82, 2.24) is 10.6 Å². The lowest BCUT2D eigenvalue weighted by atomic mass is 10.3. The molecule has 0 aliphatic heterocycles. The standard InChI is InChI=1S/C10H16N2O2/c1-11-6-2-5-10(13)12-8-9-4-3-7-14-9/h3-4,7,11H,2,5-6,8H2,1H3,(H,12,13). The minimum Gasteiger partial charge on any atom is -0.467 e. The molecule has 0 saturated carbocycles. The predicted octanol–water partition coefficient (Wildman–Crippen LogP) is 0.895. The van der Waals surface area contributed by atoms with Gasteiger partial charge in [-0.1, -0.05) is 0 Å². The van der Waals surface area contributed by atoms with E-state index in [1.807, 2.05) is 19.2 Å². The molecule has 0 fully saturated rings. The van der Waals surface area contributed by atoms with Crippen LogP contribution in [0.5, 0.6) is 0 Å². The molecule has 1 aromatic rings. The summed E-state index contributed by atoms with van der Waals surface area (Å²) in [5, 5.41) is 5.78. The van der Waals surface area contributed by atoms with E-state index in [0.29, 0.717) is 13.0 Å². The van der Waals surface area contributed by atoms with Crippen molar-refractivity contribution in [1.29, 1.82) is 0 Å². The summed E-state index contributed by atoms with van der Waals surface area (Å²) in [6.45, 7) is 1.35. The molecule has 4 heteroatoms. The number of amides is 1. The normalized spacial score (nSPS) is 10.1. The van der Waals surface area contributed by atoms with Crippen LogP contribution in [0.4, 0.5) is 0 Å². The fourth-order valence-corrected chi connectivity index (χ4v) is 1.11. The molecular weight excluding hydrogens is 180 g/mol. The third-order valence-corrected chi connectivity index (χ3v) is 1.87. The first-order valence-electron chi connectivity index (χ1n) is 4.76. The van der Waals surface area contributed by atoms with Gasteiger partial charge in [0.2, 0.25) is 5.91 Å². The molecule has 0 bridgehead atoms. The number of furan rings is 1. The van der Waals surface area contributed by atoms with Gasteiger partial charge in [0.25, 0.3) is 0 Å². The molecule has 1 heterocycles. The Kier molecular flexibility index (Phi) is 4.78. The molecule has 0 saturated heterocycles. The summed E-state index contributed by atoms with van der Waals surface area (Å²) >= 11 is 0. The van der Waals surface area contributed by atoms with Gasteiger partial charge in [0.1, 0.15) is 5.76 Å². The van der Waals surface area contributed by atoms with Gasteiger partial charge in [-0.2, -0.15) is 0 Å². The lowest BCUT2D eigenvalue weighted by Crippen LogP contribution is -2.23. The lowest BCUT2D eigenvalue weighted by Gasteiger charge is -2.02. The lowest BCUT2D eigenvalue weighted by molar-refractivity contribution is -0.121. The summed E-state index contributed by atoms with van der Waals surface area (Å²) in [5.41, 5.74) is 0. The van der Waals surface area contributed by atoms with Crippen LogP contribution < -0.4 is 10.6 Å². The predicted molar refractivity (Wildman–Crippen MR) is 53.7 cm³/mol. The molecule has 0 unspecified atom stereocenters. The fraction of sp³-hybridized carbons (Fsp3) is 0.500. The van der Waals surface area contributed by atoms with Crippen LogP contribution in [0.15, 0.2) is 22.8 Å². The maximum atomic E-state index is 11.2. The fourth-order valence-electron chi connectivity index (χ4n) is 1.11. The second-order valence-corrected chi connectivity index (χ2v) is 3.06. The van der Waals surface area contributed by atoms with Crippen LogP contribution in [0.3, 0.4) is 0 Å². The molecule has 0 radical (unpaired) electrons. The molecule has 0 aromatic carbocycles. The molecule has 14 heavy (non-hydrogen) atoms. The van der Waals surface area contributed by atoms with Gasteiger partial charge in [-0.3, -0.25) is 4.79 Å². The third kappa shape index (κ3) is 4.09. The molecule has 78 valence electrons. The van der Waals surface area contributed by atoms with Crippen molar-refractivity contribution >= 4 is 5.91 Å². The molecule has 0 aliphatic rings. The highest BCUT2D eigenvalue weighted by molar-refractivity contribution is 5.75. The average Bonchev–Trinajstić information content (AvgIpc) is 2.68. The van der Waals surface area contributed by atoms with Crippen molar-refractivity contribution in [2.24, 2.45) is 0 Å². The van der Waals surface area contributed by atoms with Gasteiger partial charge in [0, 0.05) is 6.42 Å². The van der Waals surface area contributed by atoms with E-state index >= 15 is 0 Å². The highest BCUT2D eigenvalue weighted by atomic mass is 16.3. The van der Waals surface area contributed by atoms with E-state index in [9.17, 15) is 4.79 Å². The molecule has 4 nitrogen and oxygen atoms in total. The van der Waals surface area contributed by atoms with Crippen molar-refractivity contribution in [3.05, 3.63) is 24.2 Å². The number of nitrogens with one attached hydrogen (secondary N) is 2. The minimum absolute atomic E-state index is 0.0663. The summed E-state index contributed by atoms with van der Waals surface area (Å²) in [6.07, 6.45) is 3.02. The molecule has 1 rings (SSSR count). The van der Waals surface area contributed by atoms with Gasteiger partial charge < -0.3 is 15.1 Å². The largest absolute Gasteiger partial charge is 0.467 e. The Morgan fingerprint density at radius 3 is 3.07 bits per heavy atom. The quantitative estimate of drug-likeness (QED) is 0.664. The van der Waals surface area contributed by atoms with E-state index in [-0.39, 0.29) is 5.91 Å². The van der Waals surface area contributed by atoms with Crippen LogP contribution in [0.1, 0.15) is 18.6 Å². The first-order valence-corrected chi connectivity index (χ1v) is 4.76. The van der Waals surface area contributed by atoms with Crippen LogP contribution >= 0.6 is 0 Å². The van der Waals surface area contributed by atoms with Crippen molar-refractivity contribution in [2.45, 2.75) is 19.4 Å². The van der Waals surface area contributed by atoms with Crippen LogP contribution in [-0.4, -0.2) is 19.5 Å². The number of rotatable bonds is 6. The van der Waals surface area contributed by atoms with E-state index in [4.69, 9.17) is 4.42 Å². The number of hydrogen-bond donors (Lipinski definition) is 2. The van der Waals surface area contributed by atoms with Gasteiger partial charge in [0.15, 0.2) is 0 Å². The Bertz CT molecular complexity index is 257. The first-order chi connectivity index (χ1) is 6.83. The number of carbonyl (C=O) groups is 1. The van der Waals surface area contributed by atoms with E-state index < -0.39 is 0 Å². The Morgan fingerprint density at radius 2 is 2.43 bits per heavy atom. The minimum atomic E-state index is 0.0663. The monoisotopic (exact) mass is 196 g/mol. The Labute approximate surface area is 83.7 Å². The first kappa shape index (κ1) is 10.8. The van der Waals surface area contributed by atoms with Crippen molar-refractivity contribution < 1.29 is 9.21 Å². The number of hydrogen-bond acceptors (Lipinski definition) is 3. The molecule has 1 amide bonds. The highest BCUT2D eigenvalue weighted by Gasteiger charge is 2.01. The molecule has 0 aliphatic carbocycles. The van der Waals surface area contributed by atoms with Crippen LogP contribution in [0.2, 0.25) is 0 Å². The summed E-state index contributed by atoms with van der Waals surface area (Å²) in [4.78, 5) is 11.2. The topological polar surface area (TPSA) is 54.3 Å². The van der Waals surface area contributed by atoms with Crippen molar-refractivity contribution in [3.63, 3.8) is 0 Å². The summed E-state index contributed by atoms with van der Waals surface area (Å²) in [6, 6.07) is 3.65. The number of carbonyl (C=O) groups excluding carboxylic acids is 1. The van der Waals surface area contributed by atoms with Crippen LogP contribution in [-0.2, 0) is 11.3 Å². The smallest absolute Gasteiger partial charge is 0.220 e. The third-order valence-electron chi connectivity index (χ3n) is 1.87. The molecule has 0 spiro atoms. The highest BCUT2D eigenvalue weighted by Crippen LogP contribution is 1.98. The van der Waals surface area contributed by atoms with Gasteiger partial charge >= 0.3 is 0 Å². The molecule has 2 N–H and O–H groups in total. The SMILES string of the molecule is CNCCCC(=O)NCc1ccco1. The van der Waals surface area contributed by atoms with Crippen LogP contribution in [0.25, 0.3) is 0 Å². The average molecular weight is 196 g/mol. The maximum absolute atomic E-state index is 11.2. The van der Waals surface area contributed by atoms with Crippen LogP contribution in [0, 0.1) is 0 Å². The summed E-state index contributed by atoms with van der Waals surface area (Å²) < 4.78 is 5.08. The summed E-state index contributed by atoms with van der Waals surface area (Å²) in [5.74, 6) is 0.851. The van der Waals surface area contributed by atoms with Gasteiger partial charge in [-0.25, -0.2) is 0 Å². The summed E-state index contributed by atoms with van der Waals surface area (Å²) in [7, 11) is 1.88. The van der Waals surface area contributed by atoms with Crippen molar-refractivity contribution in [2.75, 3.05) is 13.6 Å². The Hall–Kier alpha value is -1.29. The van der Waals surface area contributed by atoms with E-state index in [0.717, 1.165) is 18.7 Å². The van der Waals surface area contributed by atoms with Gasteiger partial charge in [-0.15, -0.1) is 0 Å². The van der Waals surface area contributed by atoms with E-state index in [1.165, 1.54) is 0 Å².